The highest BCUT2D eigenvalue weighted by molar-refractivity contribution is 5.91. The molecule has 0 bridgehead atoms. The summed E-state index contributed by atoms with van der Waals surface area (Å²) in [4.78, 5) is 12.2. The first kappa shape index (κ1) is 14.0. The van der Waals surface area contributed by atoms with Crippen LogP contribution in [-0.4, -0.2) is 23.7 Å². The van der Waals surface area contributed by atoms with E-state index in [2.05, 4.69) is 5.32 Å². The minimum atomic E-state index is -0.711. The van der Waals surface area contributed by atoms with Crippen LogP contribution in [0.4, 0.5) is 4.39 Å². The quantitative estimate of drug-likeness (QED) is 0.828. The van der Waals surface area contributed by atoms with Crippen molar-refractivity contribution in [1.82, 2.24) is 5.32 Å². The van der Waals surface area contributed by atoms with E-state index in [1.165, 1.54) is 6.07 Å². The molecule has 1 unspecified atom stereocenters. The van der Waals surface area contributed by atoms with Gasteiger partial charge in [-0.3, -0.25) is 4.79 Å². The first-order valence-corrected chi connectivity index (χ1v) is 6.81. The van der Waals surface area contributed by atoms with Crippen LogP contribution in [0.3, 0.4) is 0 Å². The van der Waals surface area contributed by atoms with E-state index in [9.17, 15) is 14.3 Å². The number of halogens is 1. The van der Waals surface area contributed by atoms with Crippen LogP contribution < -0.4 is 5.32 Å². The maximum absolute atomic E-state index is 13.8. The SMILES string of the molecule is CCCC(O)CNC(=O)C1(c2ccccc2F)CC1. The molecule has 0 heterocycles. The van der Waals surface area contributed by atoms with Crippen molar-refractivity contribution in [2.45, 2.75) is 44.1 Å². The number of rotatable bonds is 6. The molecular formula is C15H20FNO2. The number of aliphatic hydroxyl groups excluding tert-OH is 1. The zero-order chi connectivity index (χ0) is 13.9. The Morgan fingerprint density at radius 2 is 2.16 bits per heavy atom. The third kappa shape index (κ3) is 2.95. The van der Waals surface area contributed by atoms with Crippen LogP contribution in [0.5, 0.6) is 0 Å². The van der Waals surface area contributed by atoms with Gasteiger partial charge in [0, 0.05) is 12.1 Å². The number of carbonyl (C=O) groups is 1. The third-order valence-electron chi connectivity index (χ3n) is 3.69. The van der Waals surface area contributed by atoms with Gasteiger partial charge < -0.3 is 10.4 Å². The van der Waals surface area contributed by atoms with E-state index >= 15 is 0 Å². The second kappa shape index (κ2) is 5.70. The Morgan fingerprint density at radius 3 is 2.74 bits per heavy atom. The van der Waals surface area contributed by atoms with Crippen LogP contribution in [0.15, 0.2) is 24.3 Å². The van der Waals surface area contributed by atoms with Gasteiger partial charge in [-0.1, -0.05) is 31.5 Å². The monoisotopic (exact) mass is 265 g/mol. The van der Waals surface area contributed by atoms with Crippen molar-refractivity contribution in [3.63, 3.8) is 0 Å². The molecule has 1 fully saturated rings. The van der Waals surface area contributed by atoms with Crippen molar-refractivity contribution in [2.24, 2.45) is 0 Å². The predicted molar refractivity (Wildman–Crippen MR) is 71.2 cm³/mol. The molecule has 1 aliphatic rings. The van der Waals surface area contributed by atoms with E-state index in [-0.39, 0.29) is 18.3 Å². The first-order chi connectivity index (χ1) is 9.10. The van der Waals surface area contributed by atoms with Gasteiger partial charge >= 0.3 is 0 Å². The molecule has 2 rings (SSSR count). The summed E-state index contributed by atoms with van der Waals surface area (Å²) in [5.41, 5.74) is -0.241. The molecule has 2 N–H and O–H groups in total. The number of carbonyl (C=O) groups excluding carboxylic acids is 1. The number of hydrogen-bond acceptors (Lipinski definition) is 2. The Bertz CT molecular complexity index is 457. The second-order valence-corrected chi connectivity index (χ2v) is 5.21. The van der Waals surface area contributed by atoms with Crippen LogP contribution in [0.2, 0.25) is 0 Å². The first-order valence-electron chi connectivity index (χ1n) is 6.81. The number of benzene rings is 1. The maximum atomic E-state index is 13.8. The van der Waals surface area contributed by atoms with Gasteiger partial charge in [-0.15, -0.1) is 0 Å². The van der Waals surface area contributed by atoms with Gasteiger partial charge in [-0.05, 0) is 25.3 Å². The lowest BCUT2D eigenvalue weighted by molar-refractivity contribution is -0.124. The van der Waals surface area contributed by atoms with Crippen LogP contribution in [0, 0.1) is 5.82 Å². The highest BCUT2D eigenvalue weighted by atomic mass is 19.1. The van der Waals surface area contributed by atoms with E-state index in [0.29, 0.717) is 24.8 Å². The number of nitrogens with one attached hydrogen (secondary N) is 1. The van der Waals surface area contributed by atoms with Crippen molar-refractivity contribution in [3.05, 3.63) is 35.6 Å². The lowest BCUT2D eigenvalue weighted by Gasteiger charge is -2.18. The lowest BCUT2D eigenvalue weighted by Crippen LogP contribution is -2.39. The molecule has 0 radical (unpaired) electrons. The van der Waals surface area contributed by atoms with Crippen LogP contribution in [0.25, 0.3) is 0 Å². The zero-order valence-corrected chi connectivity index (χ0v) is 11.2. The molecule has 0 saturated heterocycles. The van der Waals surface area contributed by atoms with Gasteiger partial charge in [0.15, 0.2) is 0 Å². The van der Waals surface area contributed by atoms with Crippen LogP contribution in [0.1, 0.15) is 38.2 Å². The van der Waals surface area contributed by atoms with E-state index in [1.54, 1.807) is 18.2 Å². The van der Waals surface area contributed by atoms with Crippen molar-refractivity contribution < 1.29 is 14.3 Å². The Balaban J connectivity index is 2.01. The molecule has 4 heteroatoms. The average molecular weight is 265 g/mol. The maximum Gasteiger partial charge on any atom is 0.230 e. The van der Waals surface area contributed by atoms with Gasteiger partial charge in [0.25, 0.3) is 0 Å². The Labute approximate surface area is 112 Å². The predicted octanol–water partition coefficient (Wildman–Crippen LogP) is 2.13. The normalized spacial score (nSPS) is 17.8. The standard InChI is InChI=1S/C15H20FNO2/c1-2-5-11(18)10-17-14(19)15(8-9-15)12-6-3-4-7-13(12)16/h3-4,6-7,11,18H,2,5,8-10H2,1H3,(H,17,19). The zero-order valence-electron chi connectivity index (χ0n) is 11.2. The smallest absolute Gasteiger partial charge is 0.230 e. The van der Waals surface area contributed by atoms with Crippen LogP contribution in [-0.2, 0) is 10.2 Å². The van der Waals surface area contributed by atoms with E-state index in [0.717, 1.165) is 6.42 Å². The molecule has 19 heavy (non-hydrogen) atoms. The number of hydrogen-bond donors (Lipinski definition) is 2. The molecule has 3 nitrogen and oxygen atoms in total. The molecule has 1 amide bonds. The van der Waals surface area contributed by atoms with E-state index in [1.807, 2.05) is 6.92 Å². The highest BCUT2D eigenvalue weighted by Crippen LogP contribution is 2.49. The highest BCUT2D eigenvalue weighted by Gasteiger charge is 2.52. The lowest BCUT2D eigenvalue weighted by atomic mass is 9.94. The van der Waals surface area contributed by atoms with Crippen molar-refractivity contribution in [3.8, 4) is 0 Å². The Hall–Kier alpha value is -1.42. The number of amides is 1. The second-order valence-electron chi connectivity index (χ2n) is 5.21. The largest absolute Gasteiger partial charge is 0.391 e. The van der Waals surface area contributed by atoms with E-state index in [4.69, 9.17) is 0 Å². The van der Waals surface area contributed by atoms with Crippen LogP contribution >= 0.6 is 0 Å². The van der Waals surface area contributed by atoms with Gasteiger partial charge in [0.2, 0.25) is 5.91 Å². The minimum Gasteiger partial charge on any atom is -0.391 e. The molecule has 1 aromatic carbocycles. The number of aliphatic hydroxyl groups is 1. The fourth-order valence-electron chi connectivity index (χ4n) is 2.41. The molecule has 0 aromatic heterocycles. The summed E-state index contributed by atoms with van der Waals surface area (Å²) in [5.74, 6) is -0.503. The fraction of sp³-hybridized carbons (Fsp3) is 0.533. The summed E-state index contributed by atoms with van der Waals surface area (Å²) in [6, 6.07) is 6.43. The van der Waals surface area contributed by atoms with Gasteiger partial charge in [0.05, 0.1) is 11.5 Å². The summed E-state index contributed by atoms with van der Waals surface area (Å²) < 4.78 is 13.8. The van der Waals surface area contributed by atoms with E-state index < -0.39 is 11.5 Å². The molecule has 1 aromatic rings. The van der Waals surface area contributed by atoms with Gasteiger partial charge in [-0.2, -0.15) is 0 Å². The molecule has 1 atom stereocenters. The molecule has 0 spiro atoms. The molecule has 104 valence electrons. The van der Waals surface area contributed by atoms with Crippen molar-refractivity contribution in [1.29, 1.82) is 0 Å². The van der Waals surface area contributed by atoms with Crippen molar-refractivity contribution in [2.75, 3.05) is 6.54 Å². The summed E-state index contributed by atoms with van der Waals surface area (Å²) in [6.07, 6.45) is 2.35. The summed E-state index contributed by atoms with van der Waals surface area (Å²) in [6.45, 7) is 2.22. The molecule has 0 aliphatic heterocycles. The third-order valence-corrected chi connectivity index (χ3v) is 3.69. The average Bonchev–Trinajstić information content (AvgIpc) is 3.18. The molecular weight excluding hydrogens is 245 g/mol. The Kier molecular flexibility index (Phi) is 4.20. The van der Waals surface area contributed by atoms with Gasteiger partial charge in [-0.25, -0.2) is 4.39 Å². The van der Waals surface area contributed by atoms with Gasteiger partial charge in [0.1, 0.15) is 5.82 Å². The summed E-state index contributed by atoms with van der Waals surface area (Å²) in [7, 11) is 0. The topological polar surface area (TPSA) is 49.3 Å². The Morgan fingerprint density at radius 1 is 1.47 bits per heavy atom. The summed E-state index contributed by atoms with van der Waals surface area (Å²) in [5, 5.41) is 12.4. The minimum absolute atomic E-state index is 0.173. The van der Waals surface area contributed by atoms with Crippen molar-refractivity contribution >= 4 is 5.91 Å². The fourth-order valence-corrected chi connectivity index (χ4v) is 2.41. The molecule has 1 aliphatic carbocycles. The molecule has 1 saturated carbocycles. The summed E-state index contributed by atoms with van der Waals surface area (Å²) >= 11 is 0.